The van der Waals surface area contributed by atoms with Crippen LogP contribution >= 0.6 is 11.6 Å². The molecule has 0 aromatic heterocycles. The Balaban J connectivity index is 2.82. The first-order valence-electron chi connectivity index (χ1n) is 4.82. The van der Waals surface area contributed by atoms with Crippen molar-refractivity contribution in [1.82, 2.24) is 5.32 Å². The number of hydrogen-bond donors (Lipinski definition) is 2. The molecule has 1 amide bonds. The zero-order valence-electron chi connectivity index (χ0n) is 9.40. The van der Waals surface area contributed by atoms with Crippen molar-refractivity contribution in [1.29, 1.82) is 0 Å². The fourth-order valence-electron chi connectivity index (χ4n) is 0.975. The minimum Gasteiger partial charge on any atom is -0.324 e. The number of nitrogens with one attached hydrogen (secondary N) is 2. The van der Waals surface area contributed by atoms with Crippen LogP contribution in [-0.4, -0.2) is 18.5 Å². The van der Waals surface area contributed by atoms with Crippen LogP contribution in [0.25, 0.3) is 0 Å². The number of likely N-dealkylation sites (N-methyl/N-ethyl adjacent to an activating group) is 1. The van der Waals surface area contributed by atoms with Gasteiger partial charge in [0, 0.05) is 5.69 Å². The van der Waals surface area contributed by atoms with Gasteiger partial charge in [0.1, 0.15) is 5.82 Å². The Morgan fingerprint density at radius 3 is 2.56 bits per heavy atom. The molecule has 0 aliphatic rings. The van der Waals surface area contributed by atoms with Gasteiger partial charge in [0.15, 0.2) is 0 Å². The van der Waals surface area contributed by atoms with Crippen LogP contribution in [0.4, 0.5) is 10.1 Å². The summed E-state index contributed by atoms with van der Waals surface area (Å²) in [6.45, 7) is 3.49. The van der Waals surface area contributed by atoms with E-state index >= 15 is 0 Å². The summed E-state index contributed by atoms with van der Waals surface area (Å²) >= 11 is 5.60. The van der Waals surface area contributed by atoms with Crippen molar-refractivity contribution in [3.05, 3.63) is 29.0 Å². The predicted octanol–water partition coefficient (Wildman–Crippen LogP) is 2.42. The third kappa shape index (κ3) is 2.93. The van der Waals surface area contributed by atoms with E-state index in [2.05, 4.69) is 10.6 Å². The van der Waals surface area contributed by atoms with Crippen LogP contribution < -0.4 is 10.6 Å². The standard InChI is InChI=1S/C11H14ClFN2O/c1-11(2,14-3)10(16)15-7-4-5-9(13)8(12)6-7/h4-6,14H,1-3H3,(H,15,16). The first-order valence-corrected chi connectivity index (χ1v) is 5.20. The molecule has 5 heteroatoms. The lowest BCUT2D eigenvalue weighted by molar-refractivity contribution is -0.121. The summed E-state index contributed by atoms with van der Waals surface area (Å²) in [5.41, 5.74) is -0.222. The van der Waals surface area contributed by atoms with Gasteiger partial charge < -0.3 is 10.6 Å². The molecule has 0 bridgehead atoms. The summed E-state index contributed by atoms with van der Waals surface area (Å²) in [5.74, 6) is -0.717. The monoisotopic (exact) mass is 244 g/mol. The summed E-state index contributed by atoms with van der Waals surface area (Å²) in [5, 5.41) is 5.50. The summed E-state index contributed by atoms with van der Waals surface area (Å²) in [4.78, 5) is 11.8. The summed E-state index contributed by atoms with van der Waals surface area (Å²) in [6.07, 6.45) is 0. The van der Waals surface area contributed by atoms with Gasteiger partial charge >= 0.3 is 0 Å². The fraction of sp³-hybridized carbons (Fsp3) is 0.364. The summed E-state index contributed by atoms with van der Waals surface area (Å²) < 4.78 is 12.9. The van der Waals surface area contributed by atoms with E-state index in [0.717, 1.165) is 0 Å². The van der Waals surface area contributed by atoms with Gasteiger partial charge in [0.25, 0.3) is 0 Å². The van der Waals surface area contributed by atoms with Crippen LogP contribution in [0, 0.1) is 5.82 Å². The van der Waals surface area contributed by atoms with Gasteiger partial charge in [-0.3, -0.25) is 4.79 Å². The number of rotatable bonds is 3. The molecule has 1 aromatic carbocycles. The number of anilines is 1. The van der Waals surface area contributed by atoms with E-state index in [1.165, 1.54) is 18.2 Å². The molecule has 0 atom stereocenters. The smallest absolute Gasteiger partial charge is 0.244 e. The molecule has 0 heterocycles. The van der Waals surface area contributed by atoms with E-state index in [0.29, 0.717) is 5.69 Å². The van der Waals surface area contributed by atoms with Gasteiger partial charge in [-0.15, -0.1) is 0 Å². The molecular weight excluding hydrogens is 231 g/mol. The van der Waals surface area contributed by atoms with Crippen molar-refractivity contribution in [3.63, 3.8) is 0 Å². The van der Waals surface area contributed by atoms with Crippen LogP contribution in [0.5, 0.6) is 0 Å². The molecular formula is C11H14ClFN2O. The number of amides is 1. The Labute approximate surface area is 99.0 Å². The van der Waals surface area contributed by atoms with Crippen LogP contribution in [-0.2, 0) is 4.79 Å². The van der Waals surface area contributed by atoms with Gasteiger partial charge in [-0.05, 0) is 39.1 Å². The lowest BCUT2D eigenvalue weighted by Crippen LogP contribution is -2.47. The van der Waals surface area contributed by atoms with Crippen molar-refractivity contribution in [2.75, 3.05) is 12.4 Å². The zero-order chi connectivity index (χ0) is 12.3. The van der Waals surface area contributed by atoms with Gasteiger partial charge in [0.05, 0.1) is 10.6 Å². The van der Waals surface area contributed by atoms with Crippen molar-refractivity contribution >= 4 is 23.2 Å². The first-order chi connectivity index (χ1) is 7.36. The molecule has 0 saturated carbocycles. The van der Waals surface area contributed by atoms with Gasteiger partial charge in [-0.1, -0.05) is 11.6 Å². The van der Waals surface area contributed by atoms with E-state index in [1.807, 2.05) is 0 Å². The molecule has 1 aromatic rings. The average Bonchev–Trinajstić information content (AvgIpc) is 2.23. The minimum absolute atomic E-state index is 0.0138. The maximum atomic E-state index is 12.9. The van der Waals surface area contributed by atoms with E-state index in [1.54, 1.807) is 20.9 Å². The van der Waals surface area contributed by atoms with Crippen LogP contribution in [0.1, 0.15) is 13.8 Å². The SMILES string of the molecule is CNC(C)(C)C(=O)Nc1ccc(F)c(Cl)c1. The van der Waals surface area contributed by atoms with Crippen LogP contribution in [0.2, 0.25) is 5.02 Å². The summed E-state index contributed by atoms with van der Waals surface area (Å²) in [6, 6.07) is 4.05. The number of hydrogen-bond acceptors (Lipinski definition) is 2. The average molecular weight is 245 g/mol. The highest BCUT2D eigenvalue weighted by Crippen LogP contribution is 2.20. The Morgan fingerprint density at radius 2 is 2.06 bits per heavy atom. The molecule has 0 saturated heterocycles. The highest BCUT2D eigenvalue weighted by atomic mass is 35.5. The molecule has 2 N–H and O–H groups in total. The van der Waals surface area contributed by atoms with Crippen molar-refractivity contribution in [2.24, 2.45) is 0 Å². The fourth-order valence-corrected chi connectivity index (χ4v) is 1.16. The number of carbonyl (C=O) groups is 1. The van der Waals surface area contributed by atoms with E-state index < -0.39 is 11.4 Å². The number of benzene rings is 1. The highest BCUT2D eigenvalue weighted by Gasteiger charge is 2.25. The van der Waals surface area contributed by atoms with Gasteiger partial charge in [0.2, 0.25) is 5.91 Å². The number of halogens is 2. The Morgan fingerprint density at radius 1 is 1.44 bits per heavy atom. The van der Waals surface area contributed by atoms with E-state index in [9.17, 15) is 9.18 Å². The molecule has 0 aliphatic heterocycles. The largest absolute Gasteiger partial charge is 0.324 e. The molecule has 0 fully saturated rings. The predicted molar refractivity (Wildman–Crippen MR) is 63.2 cm³/mol. The number of carbonyl (C=O) groups excluding carboxylic acids is 1. The lowest BCUT2D eigenvalue weighted by atomic mass is 10.1. The minimum atomic E-state index is -0.694. The summed E-state index contributed by atoms with van der Waals surface area (Å²) in [7, 11) is 1.69. The van der Waals surface area contributed by atoms with Crippen LogP contribution in [0.15, 0.2) is 18.2 Å². The Kier molecular flexibility index (Phi) is 3.88. The second-order valence-electron chi connectivity index (χ2n) is 3.96. The topological polar surface area (TPSA) is 41.1 Å². The first kappa shape index (κ1) is 12.9. The third-order valence-corrected chi connectivity index (χ3v) is 2.66. The van der Waals surface area contributed by atoms with E-state index in [4.69, 9.17) is 11.6 Å². The zero-order valence-corrected chi connectivity index (χ0v) is 10.2. The quantitative estimate of drug-likeness (QED) is 0.857. The van der Waals surface area contributed by atoms with Gasteiger partial charge in [-0.25, -0.2) is 4.39 Å². The molecule has 0 radical (unpaired) electrons. The third-order valence-electron chi connectivity index (χ3n) is 2.37. The molecule has 88 valence electrons. The Bertz CT molecular complexity index is 407. The maximum absolute atomic E-state index is 12.9. The second-order valence-corrected chi connectivity index (χ2v) is 4.37. The van der Waals surface area contributed by atoms with Crippen molar-refractivity contribution in [3.8, 4) is 0 Å². The van der Waals surface area contributed by atoms with Crippen molar-refractivity contribution < 1.29 is 9.18 Å². The molecule has 0 unspecified atom stereocenters. The molecule has 0 aliphatic carbocycles. The molecule has 16 heavy (non-hydrogen) atoms. The van der Waals surface area contributed by atoms with E-state index in [-0.39, 0.29) is 10.9 Å². The molecule has 0 spiro atoms. The van der Waals surface area contributed by atoms with Gasteiger partial charge in [-0.2, -0.15) is 0 Å². The second kappa shape index (κ2) is 4.80. The van der Waals surface area contributed by atoms with Crippen molar-refractivity contribution in [2.45, 2.75) is 19.4 Å². The molecule has 1 rings (SSSR count). The Hall–Kier alpha value is -1.13. The van der Waals surface area contributed by atoms with Crippen LogP contribution in [0.3, 0.4) is 0 Å². The maximum Gasteiger partial charge on any atom is 0.244 e. The molecule has 3 nitrogen and oxygen atoms in total. The lowest BCUT2D eigenvalue weighted by Gasteiger charge is -2.22. The highest BCUT2D eigenvalue weighted by molar-refractivity contribution is 6.31. The normalized spacial score (nSPS) is 11.3.